The molecule has 0 aromatic heterocycles. The summed E-state index contributed by atoms with van der Waals surface area (Å²) >= 11 is 0. The van der Waals surface area contributed by atoms with Gasteiger partial charge in [0.25, 0.3) is 0 Å². The number of amides is 5. The van der Waals surface area contributed by atoms with E-state index in [0.29, 0.717) is 31.0 Å². The van der Waals surface area contributed by atoms with Gasteiger partial charge in [-0.05, 0) is 42.9 Å². The monoisotopic (exact) mass is 515 g/mol. The number of hydrogen-bond acceptors (Lipinski definition) is 6. The van der Waals surface area contributed by atoms with Crippen LogP contribution >= 0.6 is 0 Å². The number of hydrogen-bond donors (Lipinski definition) is 5. The molecule has 0 saturated carbocycles. The maximum atomic E-state index is 13.5. The molecule has 0 radical (unpaired) electrons. The van der Waals surface area contributed by atoms with Crippen LogP contribution in [0.1, 0.15) is 38.7 Å². The van der Waals surface area contributed by atoms with Gasteiger partial charge in [0.1, 0.15) is 23.9 Å². The third kappa shape index (κ3) is 9.04. The first-order chi connectivity index (χ1) is 17.5. The molecule has 1 saturated heterocycles. The van der Waals surface area contributed by atoms with Gasteiger partial charge in [0.15, 0.2) is 0 Å². The summed E-state index contributed by atoms with van der Waals surface area (Å²) < 4.78 is 0. The lowest BCUT2D eigenvalue weighted by atomic mass is 10.0. The summed E-state index contributed by atoms with van der Waals surface area (Å²) in [4.78, 5) is 66.4. The summed E-state index contributed by atoms with van der Waals surface area (Å²) in [5.41, 5.74) is 14.4. The number of aromatic hydroxyl groups is 1. The first-order valence-electron chi connectivity index (χ1n) is 11.9. The number of phenols is 1. The van der Waals surface area contributed by atoms with Crippen LogP contribution in [0.4, 0.5) is 0 Å². The molecule has 1 aromatic carbocycles. The molecule has 0 unspecified atom stereocenters. The van der Waals surface area contributed by atoms with E-state index in [0.717, 1.165) is 0 Å². The maximum Gasteiger partial charge on any atom is 0.344 e. The fraction of sp³-hybridized carbons (Fsp3) is 0.500. The number of nitrogens with two attached hydrogens (primary N) is 1. The van der Waals surface area contributed by atoms with Gasteiger partial charge in [-0.25, -0.2) is 0 Å². The Morgan fingerprint density at radius 3 is 2.43 bits per heavy atom. The Balaban J connectivity index is 2.20. The maximum absolute atomic E-state index is 13.5. The van der Waals surface area contributed by atoms with Gasteiger partial charge in [-0.15, -0.1) is 0 Å². The zero-order valence-corrected chi connectivity index (χ0v) is 20.8. The van der Waals surface area contributed by atoms with Gasteiger partial charge in [-0.2, -0.15) is 4.79 Å². The smallest absolute Gasteiger partial charge is 0.344 e. The molecule has 0 bridgehead atoms. The van der Waals surface area contributed by atoms with Crippen molar-refractivity contribution in [3.05, 3.63) is 35.4 Å². The van der Waals surface area contributed by atoms with Crippen LogP contribution in [0.25, 0.3) is 5.53 Å². The largest absolute Gasteiger partial charge is 0.508 e. The van der Waals surface area contributed by atoms with Crippen molar-refractivity contribution in [3.8, 4) is 5.75 Å². The van der Waals surface area contributed by atoms with Crippen LogP contribution in [0.2, 0.25) is 0 Å². The van der Waals surface area contributed by atoms with Gasteiger partial charge in [-0.1, -0.05) is 26.0 Å². The molecule has 0 aliphatic carbocycles. The molecule has 1 heterocycles. The fourth-order valence-corrected chi connectivity index (χ4v) is 4.10. The van der Waals surface area contributed by atoms with Crippen LogP contribution in [0.3, 0.4) is 0 Å². The third-order valence-corrected chi connectivity index (χ3v) is 5.78. The van der Waals surface area contributed by atoms with E-state index >= 15 is 0 Å². The minimum atomic E-state index is -1.09. The quantitative estimate of drug-likeness (QED) is 0.132. The summed E-state index contributed by atoms with van der Waals surface area (Å²) in [7, 11) is 0. The Morgan fingerprint density at radius 1 is 1.16 bits per heavy atom. The standard InChI is InChI=1S/C24H33N7O6/c1-14(2)10-17(22(35)27-12-20(25)33)30-23(36)19-4-3-9-31(19)24(37)18(29-21(34)13-28-26)11-15-5-7-16(32)8-6-15/h5-8,13-14,17-19,32H,3-4,9-12H2,1-2H3,(H2,25,33)(H,27,35)(H,29,34)(H,30,36)/t17-,18-,19-/m0/s1. The molecule has 1 aliphatic rings. The second kappa shape index (κ2) is 13.7. The van der Waals surface area contributed by atoms with E-state index < -0.39 is 47.7 Å². The number of nitrogens with one attached hydrogen (secondary N) is 3. The van der Waals surface area contributed by atoms with Crippen molar-refractivity contribution in [3.63, 3.8) is 0 Å². The molecule has 1 aliphatic heterocycles. The zero-order valence-electron chi connectivity index (χ0n) is 20.8. The number of rotatable bonds is 12. The lowest BCUT2D eigenvalue weighted by Crippen LogP contribution is -2.57. The molecule has 200 valence electrons. The zero-order chi connectivity index (χ0) is 27.5. The number of benzene rings is 1. The number of carbonyl (C=O) groups is 5. The molecule has 6 N–H and O–H groups in total. The average molecular weight is 516 g/mol. The predicted octanol–water partition coefficient (Wildman–Crippen LogP) is -1.16. The van der Waals surface area contributed by atoms with Crippen molar-refractivity contribution < 1.29 is 33.9 Å². The number of nitrogens with zero attached hydrogens (tertiary/aromatic N) is 3. The molecule has 13 nitrogen and oxygen atoms in total. The lowest BCUT2D eigenvalue weighted by Gasteiger charge is -2.30. The Kier molecular flexibility index (Phi) is 10.8. The van der Waals surface area contributed by atoms with Gasteiger partial charge >= 0.3 is 12.1 Å². The Bertz CT molecular complexity index is 1050. The van der Waals surface area contributed by atoms with Crippen LogP contribution in [-0.2, 0) is 30.4 Å². The minimum absolute atomic E-state index is 0.0372. The van der Waals surface area contributed by atoms with Gasteiger partial charge in [0.2, 0.25) is 23.6 Å². The predicted molar refractivity (Wildman–Crippen MR) is 132 cm³/mol. The van der Waals surface area contributed by atoms with Gasteiger partial charge in [-0.3, -0.25) is 24.0 Å². The summed E-state index contributed by atoms with van der Waals surface area (Å²) in [6.45, 7) is 3.64. The van der Waals surface area contributed by atoms with Gasteiger partial charge in [0, 0.05) is 13.0 Å². The summed E-state index contributed by atoms with van der Waals surface area (Å²) in [6, 6.07) is 3.17. The van der Waals surface area contributed by atoms with E-state index in [9.17, 15) is 29.1 Å². The van der Waals surface area contributed by atoms with Crippen LogP contribution in [0.15, 0.2) is 24.3 Å². The first-order valence-corrected chi connectivity index (χ1v) is 11.9. The van der Waals surface area contributed by atoms with Crippen LogP contribution < -0.4 is 21.7 Å². The van der Waals surface area contributed by atoms with Crippen molar-refractivity contribution in [1.82, 2.24) is 20.9 Å². The molecular weight excluding hydrogens is 482 g/mol. The highest BCUT2D eigenvalue weighted by molar-refractivity contribution is 6.24. The molecule has 3 atom stereocenters. The van der Waals surface area contributed by atoms with E-state index in [1.165, 1.54) is 17.0 Å². The Hall–Kier alpha value is -4.25. The number of likely N-dealkylation sites (tertiary alicyclic amines) is 1. The molecule has 5 amide bonds. The fourth-order valence-electron chi connectivity index (χ4n) is 4.10. The highest BCUT2D eigenvalue weighted by Gasteiger charge is 2.39. The summed E-state index contributed by atoms with van der Waals surface area (Å²) in [5.74, 6) is -3.05. The van der Waals surface area contributed by atoms with Crippen LogP contribution in [0.5, 0.6) is 5.75 Å². The number of phenolic OH excluding ortho intramolecular Hbond substituents is 1. The SMILES string of the molecule is CC(C)C[C@H](NC(=O)[C@@H]1CCCN1C(=O)[C@H](Cc1ccc(O)cc1)NC(=O)C=[N+]=[N-])C(=O)NCC(N)=O. The summed E-state index contributed by atoms with van der Waals surface area (Å²) in [6.07, 6.45) is 1.86. The van der Waals surface area contributed by atoms with Crippen molar-refractivity contribution >= 4 is 35.8 Å². The van der Waals surface area contributed by atoms with Gasteiger partial charge < -0.3 is 37.2 Å². The molecule has 1 aromatic rings. The van der Waals surface area contributed by atoms with Crippen LogP contribution in [-0.4, -0.2) is 81.8 Å². The lowest BCUT2D eigenvalue weighted by molar-refractivity contribution is -0.142. The average Bonchev–Trinajstić information content (AvgIpc) is 3.32. The van der Waals surface area contributed by atoms with Crippen molar-refractivity contribution in [2.75, 3.05) is 13.1 Å². The van der Waals surface area contributed by atoms with Crippen LogP contribution in [0, 0.1) is 5.92 Å². The van der Waals surface area contributed by atoms with Crippen molar-refractivity contribution in [2.24, 2.45) is 11.7 Å². The Labute approximate surface area is 214 Å². The molecular formula is C24H33N7O6. The molecule has 2 rings (SSSR count). The highest BCUT2D eigenvalue weighted by atomic mass is 16.3. The summed E-state index contributed by atoms with van der Waals surface area (Å²) in [5, 5.41) is 17.1. The topological polar surface area (TPSA) is 207 Å². The highest BCUT2D eigenvalue weighted by Crippen LogP contribution is 2.21. The van der Waals surface area contributed by atoms with Gasteiger partial charge in [0.05, 0.1) is 6.54 Å². The van der Waals surface area contributed by atoms with E-state index in [2.05, 4.69) is 20.7 Å². The molecule has 13 heteroatoms. The minimum Gasteiger partial charge on any atom is -0.508 e. The number of carbonyl (C=O) groups excluding carboxylic acids is 5. The molecule has 0 spiro atoms. The first kappa shape index (κ1) is 29.0. The second-order valence-corrected chi connectivity index (χ2v) is 9.24. The normalized spacial score (nSPS) is 16.3. The van der Waals surface area contributed by atoms with E-state index in [4.69, 9.17) is 11.3 Å². The third-order valence-electron chi connectivity index (χ3n) is 5.78. The van der Waals surface area contributed by atoms with Crippen molar-refractivity contribution in [1.29, 1.82) is 0 Å². The molecule has 37 heavy (non-hydrogen) atoms. The van der Waals surface area contributed by atoms with E-state index in [1.54, 1.807) is 12.1 Å². The number of primary amides is 1. The van der Waals surface area contributed by atoms with E-state index in [-0.39, 0.29) is 31.2 Å². The Morgan fingerprint density at radius 2 is 1.84 bits per heavy atom. The molecule has 1 fully saturated rings. The van der Waals surface area contributed by atoms with Crippen molar-refractivity contribution in [2.45, 2.75) is 57.7 Å². The second-order valence-electron chi connectivity index (χ2n) is 9.24. The van der Waals surface area contributed by atoms with E-state index in [1.807, 2.05) is 13.8 Å².